The summed E-state index contributed by atoms with van der Waals surface area (Å²) in [5.41, 5.74) is 3.17. The summed E-state index contributed by atoms with van der Waals surface area (Å²) in [7, 11) is 4.06. The van der Waals surface area contributed by atoms with E-state index in [-0.39, 0.29) is 6.10 Å². The fourth-order valence-corrected chi connectivity index (χ4v) is 4.14. The third kappa shape index (κ3) is 4.90. The summed E-state index contributed by atoms with van der Waals surface area (Å²) >= 11 is 1.58. The molecular weight excluding hydrogens is 384 g/mol. The van der Waals surface area contributed by atoms with Crippen LogP contribution in [0.15, 0.2) is 41.9 Å². The van der Waals surface area contributed by atoms with Gasteiger partial charge in [-0.3, -0.25) is 4.90 Å². The van der Waals surface area contributed by atoms with Crippen LogP contribution in [0.5, 0.6) is 0 Å². The first kappa shape index (κ1) is 19.8. The number of anilines is 3. The first-order valence-corrected chi connectivity index (χ1v) is 10.6. The van der Waals surface area contributed by atoms with Crippen LogP contribution in [0, 0.1) is 6.92 Å². The van der Waals surface area contributed by atoms with E-state index in [1.54, 1.807) is 11.3 Å². The maximum atomic E-state index is 6.05. The number of hydrogen-bond acceptors (Lipinski definition) is 8. The van der Waals surface area contributed by atoms with Crippen molar-refractivity contribution in [1.82, 2.24) is 19.9 Å². The Bertz CT molecular complexity index is 960. The summed E-state index contributed by atoms with van der Waals surface area (Å²) in [6.45, 7) is 5.22. The molecule has 0 bridgehead atoms. The smallest absolute Gasteiger partial charge is 0.188 e. The molecule has 3 aromatic rings. The van der Waals surface area contributed by atoms with Gasteiger partial charge in [0.25, 0.3) is 0 Å². The third-order valence-corrected chi connectivity index (χ3v) is 5.67. The van der Waals surface area contributed by atoms with Crippen molar-refractivity contribution in [1.29, 1.82) is 0 Å². The number of pyridine rings is 2. The van der Waals surface area contributed by atoms with E-state index in [2.05, 4.69) is 31.2 Å². The Hall–Kier alpha value is -2.55. The van der Waals surface area contributed by atoms with E-state index in [9.17, 15) is 0 Å². The Morgan fingerprint density at radius 2 is 2.14 bits per heavy atom. The van der Waals surface area contributed by atoms with Crippen molar-refractivity contribution >= 4 is 28.1 Å². The minimum absolute atomic E-state index is 0.0528. The van der Waals surface area contributed by atoms with Crippen LogP contribution in [-0.2, 0) is 11.3 Å². The normalized spacial score (nSPS) is 17.3. The van der Waals surface area contributed by atoms with Crippen molar-refractivity contribution in [3.8, 4) is 0 Å². The number of thiazole rings is 1. The molecule has 1 N–H and O–H groups in total. The van der Waals surface area contributed by atoms with E-state index in [0.29, 0.717) is 6.61 Å². The van der Waals surface area contributed by atoms with Crippen LogP contribution in [0.3, 0.4) is 0 Å². The van der Waals surface area contributed by atoms with Gasteiger partial charge in [-0.25, -0.2) is 15.0 Å². The second-order valence-electron chi connectivity index (χ2n) is 7.34. The summed E-state index contributed by atoms with van der Waals surface area (Å²) < 4.78 is 6.05. The molecular formula is C21H26N6OS. The molecule has 3 aromatic heterocycles. The third-order valence-electron chi connectivity index (χ3n) is 4.79. The second-order valence-corrected chi connectivity index (χ2v) is 8.20. The molecule has 0 saturated carbocycles. The van der Waals surface area contributed by atoms with Crippen LogP contribution in [0.1, 0.15) is 23.1 Å². The molecule has 1 aliphatic heterocycles. The highest BCUT2D eigenvalue weighted by atomic mass is 32.1. The standard InChI is InChI=1S/C21H26N6OS/c1-15-14-29-21(23-15)25-19-8-4-7-17(24-19)18-13-27(10-11-28-18)12-16-6-5-9-22-20(16)26(2)3/h4-9,14,18H,10-13H2,1-3H3,(H,23,24,25)/t18-/m1/s1. The number of aryl methyl sites for hydroxylation is 1. The zero-order valence-corrected chi connectivity index (χ0v) is 17.8. The number of nitrogens with zero attached hydrogens (tertiary/aromatic N) is 5. The van der Waals surface area contributed by atoms with Crippen LogP contribution in [0.25, 0.3) is 0 Å². The maximum absolute atomic E-state index is 6.05. The van der Waals surface area contributed by atoms with E-state index in [1.165, 1.54) is 5.56 Å². The fourth-order valence-electron chi connectivity index (χ4n) is 3.44. The Morgan fingerprint density at radius 1 is 1.24 bits per heavy atom. The van der Waals surface area contributed by atoms with Gasteiger partial charge in [-0.05, 0) is 25.1 Å². The van der Waals surface area contributed by atoms with E-state index >= 15 is 0 Å². The molecule has 29 heavy (non-hydrogen) atoms. The van der Waals surface area contributed by atoms with Crippen molar-refractivity contribution in [3.63, 3.8) is 0 Å². The largest absolute Gasteiger partial charge is 0.369 e. The zero-order chi connectivity index (χ0) is 20.2. The second kappa shape index (κ2) is 8.86. The van der Waals surface area contributed by atoms with Crippen molar-refractivity contribution in [3.05, 3.63) is 58.9 Å². The SMILES string of the molecule is Cc1csc(Nc2cccc([C@H]3CN(Cc4cccnc4N(C)C)CCO3)n2)n1. The predicted octanol–water partition coefficient (Wildman–Crippen LogP) is 3.62. The topological polar surface area (TPSA) is 66.4 Å². The first-order chi connectivity index (χ1) is 14.1. The number of aromatic nitrogens is 3. The Balaban J connectivity index is 1.45. The molecule has 0 aliphatic carbocycles. The predicted molar refractivity (Wildman–Crippen MR) is 117 cm³/mol. The summed E-state index contributed by atoms with van der Waals surface area (Å²) in [6, 6.07) is 10.1. The van der Waals surface area contributed by atoms with E-state index in [0.717, 1.165) is 47.8 Å². The van der Waals surface area contributed by atoms with Gasteiger partial charge in [-0.1, -0.05) is 12.1 Å². The maximum Gasteiger partial charge on any atom is 0.188 e. The average molecular weight is 411 g/mol. The van der Waals surface area contributed by atoms with Crippen LogP contribution >= 0.6 is 11.3 Å². The van der Waals surface area contributed by atoms with Gasteiger partial charge in [-0.2, -0.15) is 0 Å². The lowest BCUT2D eigenvalue weighted by Gasteiger charge is -2.33. The molecule has 0 amide bonds. The molecule has 4 heterocycles. The van der Waals surface area contributed by atoms with Gasteiger partial charge in [0.05, 0.1) is 18.0 Å². The van der Waals surface area contributed by atoms with Crippen molar-refractivity contribution in [2.24, 2.45) is 0 Å². The molecule has 8 heteroatoms. The van der Waals surface area contributed by atoms with E-state index in [1.807, 2.05) is 56.9 Å². The number of ether oxygens (including phenoxy) is 1. The lowest BCUT2D eigenvalue weighted by Crippen LogP contribution is -2.38. The summed E-state index contributed by atoms with van der Waals surface area (Å²) in [5.74, 6) is 1.80. The van der Waals surface area contributed by atoms with Gasteiger partial charge in [0, 0.05) is 50.9 Å². The van der Waals surface area contributed by atoms with Crippen LogP contribution in [-0.4, -0.2) is 53.6 Å². The Kier molecular flexibility index (Phi) is 6.03. The summed E-state index contributed by atoms with van der Waals surface area (Å²) in [5, 5.41) is 6.16. The van der Waals surface area contributed by atoms with Gasteiger partial charge in [-0.15, -0.1) is 11.3 Å². The molecule has 1 aliphatic rings. The molecule has 152 valence electrons. The zero-order valence-electron chi connectivity index (χ0n) is 17.0. The minimum atomic E-state index is -0.0528. The number of rotatable bonds is 6. The van der Waals surface area contributed by atoms with E-state index < -0.39 is 0 Å². The highest BCUT2D eigenvalue weighted by Crippen LogP contribution is 2.26. The molecule has 1 atom stereocenters. The van der Waals surface area contributed by atoms with Gasteiger partial charge in [0.1, 0.15) is 17.7 Å². The van der Waals surface area contributed by atoms with E-state index in [4.69, 9.17) is 9.72 Å². The van der Waals surface area contributed by atoms with Gasteiger partial charge in [0.2, 0.25) is 0 Å². The van der Waals surface area contributed by atoms with Crippen molar-refractivity contribution < 1.29 is 4.74 Å². The Morgan fingerprint density at radius 3 is 2.93 bits per heavy atom. The van der Waals surface area contributed by atoms with Gasteiger partial charge in [0.15, 0.2) is 5.13 Å². The molecule has 1 saturated heterocycles. The molecule has 1 fully saturated rings. The fraction of sp³-hybridized carbons (Fsp3) is 0.381. The van der Waals surface area contributed by atoms with Gasteiger partial charge < -0.3 is 15.0 Å². The molecule has 7 nitrogen and oxygen atoms in total. The number of morpholine rings is 1. The highest BCUT2D eigenvalue weighted by molar-refractivity contribution is 7.13. The van der Waals surface area contributed by atoms with Crippen LogP contribution < -0.4 is 10.2 Å². The Labute approximate surface area is 175 Å². The first-order valence-electron chi connectivity index (χ1n) is 9.70. The van der Waals surface area contributed by atoms with Crippen LogP contribution in [0.4, 0.5) is 16.8 Å². The molecule has 0 radical (unpaired) electrons. The minimum Gasteiger partial charge on any atom is -0.369 e. The summed E-state index contributed by atoms with van der Waals surface area (Å²) in [4.78, 5) is 18.2. The average Bonchev–Trinajstić information content (AvgIpc) is 3.13. The van der Waals surface area contributed by atoms with Crippen molar-refractivity contribution in [2.45, 2.75) is 19.6 Å². The number of nitrogens with one attached hydrogen (secondary N) is 1. The number of hydrogen-bond donors (Lipinski definition) is 1. The molecule has 0 spiro atoms. The molecule has 0 aromatic carbocycles. The summed E-state index contributed by atoms with van der Waals surface area (Å²) in [6.07, 6.45) is 1.79. The lowest BCUT2D eigenvalue weighted by atomic mass is 10.1. The monoisotopic (exact) mass is 410 g/mol. The van der Waals surface area contributed by atoms with Crippen molar-refractivity contribution in [2.75, 3.05) is 44.0 Å². The lowest BCUT2D eigenvalue weighted by molar-refractivity contribution is -0.0349. The van der Waals surface area contributed by atoms with Crippen LogP contribution in [0.2, 0.25) is 0 Å². The quantitative estimate of drug-likeness (QED) is 0.666. The molecule has 4 rings (SSSR count). The highest BCUT2D eigenvalue weighted by Gasteiger charge is 2.24. The van der Waals surface area contributed by atoms with Gasteiger partial charge >= 0.3 is 0 Å². The molecule has 0 unspecified atom stereocenters.